The third kappa shape index (κ3) is 4.79. The SMILES string of the molecule is CCCC1=[C]([Zr+2]([C]2=C(CCC)C=CC2)[C]2=C(C)C(C)=C(C)C2C)CC=C1.[Cl-].[Cl-]. The Balaban J connectivity index is 0.00000196. The maximum Gasteiger partial charge on any atom is -1.00 e. The summed E-state index contributed by atoms with van der Waals surface area (Å²) in [4.78, 5) is 0. The van der Waals surface area contributed by atoms with Crippen LogP contribution < -0.4 is 24.8 Å². The molecule has 0 bridgehead atoms. The van der Waals surface area contributed by atoms with Gasteiger partial charge < -0.3 is 24.8 Å². The van der Waals surface area contributed by atoms with E-state index in [1.54, 1.807) is 27.9 Å². The van der Waals surface area contributed by atoms with Crippen molar-refractivity contribution in [3.05, 3.63) is 62.0 Å². The average Bonchev–Trinajstić information content (AvgIpc) is 3.31. The summed E-state index contributed by atoms with van der Waals surface area (Å²) in [6, 6.07) is 0. The Hall–Kier alpha value is -0.0969. The molecule has 3 aliphatic rings. The van der Waals surface area contributed by atoms with Crippen molar-refractivity contribution in [2.45, 2.75) is 80.1 Å². The van der Waals surface area contributed by atoms with Crippen molar-refractivity contribution in [3.63, 3.8) is 0 Å². The van der Waals surface area contributed by atoms with Crippen LogP contribution >= 0.6 is 0 Å². The molecule has 0 heterocycles. The van der Waals surface area contributed by atoms with Gasteiger partial charge in [-0.3, -0.25) is 0 Å². The number of halogens is 2. The van der Waals surface area contributed by atoms with Crippen molar-refractivity contribution in [2.24, 2.45) is 5.92 Å². The summed E-state index contributed by atoms with van der Waals surface area (Å²) in [7, 11) is 0. The van der Waals surface area contributed by atoms with Crippen LogP contribution in [0.2, 0.25) is 0 Å². The van der Waals surface area contributed by atoms with E-state index in [0.29, 0.717) is 5.92 Å². The fourth-order valence-corrected chi connectivity index (χ4v) is 14.6. The van der Waals surface area contributed by atoms with Crippen molar-refractivity contribution in [1.82, 2.24) is 0 Å². The molecule has 0 amide bonds. The summed E-state index contributed by atoms with van der Waals surface area (Å²) in [6.45, 7) is 14.3. The fraction of sp³-hybridized carbons (Fsp3) is 0.520. The van der Waals surface area contributed by atoms with Crippen LogP contribution in [0.5, 0.6) is 0 Å². The van der Waals surface area contributed by atoms with Gasteiger partial charge >= 0.3 is 170 Å². The van der Waals surface area contributed by atoms with Gasteiger partial charge in [0.05, 0.1) is 0 Å². The Morgan fingerprint density at radius 1 is 0.821 bits per heavy atom. The first-order valence-electron chi connectivity index (χ1n) is 10.5. The molecule has 0 saturated carbocycles. The monoisotopic (exact) mass is 495 g/mol. The second-order valence-corrected chi connectivity index (χ2v) is 14.3. The average molecular weight is 498 g/mol. The molecule has 0 aromatic rings. The molecule has 0 nitrogen and oxygen atoms in total. The van der Waals surface area contributed by atoms with Crippen molar-refractivity contribution in [1.29, 1.82) is 0 Å². The second-order valence-electron chi connectivity index (χ2n) is 8.16. The molecule has 3 rings (SSSR count). The molecule has 3 heteroatoms. The second kappa shape index (κ2) is 11.3. The molecule has 0 radical (unpaired) electrons. The van der Waals surface area contributed by atoms with Gasteiger partial charge in [-0.05, 0) is 0 Å². The van der Waals surface area contributed by atoms with Crippen LogP contribution in [-0.4, -0.2) is 0 Å². The molecular formula is C25H35Cl2Zr. The van der Waals surface area contributed by atoms with Crippen molar-refractivity contribution in [2.75, 3.05) is 0 Å². The molecule has 28 heavy (non-hydrogen) atoms. The van der Waals surface area contributed by atoms with Gasteiger partial charge in [-0.15, -0.1) is 0 Å². The molecule has 3 aliphatic carbocycles. The van der Waals surface area contributed by atoms with E-state index in [-0.39, 0.29) is 24.8 Å². The van der Waals surface area contributed by atoms with Gasteiger partial charge in [-0.2, -0.15) is 0 Å². The zero-order chi connectivity index (χ0) is 18.8. The smallest absolute Gasteiger partial charge is 1.00 e. The third-order valence-electron chi connectivity index (χ3n) is 6.61. The molecule has 0 aromatic carbocycles. The zero-order valence-electron chi connectivity index (χ0n) is 18.4. The molecular weight excluding hydrogens is 462 g/mol. The van der Waals surface area contributed by atoms with E-state index >= 15 is 0 Å². The van der Waals surface area contributed by atoms with Gasteiger partial charge in [0.15, 0.2) is 0 Å². The molecule has 0 spiro atoms. The third-order valence-corrected chi connectivity index (χ3v) is 15.5. The van der Waals surface area contributed by atoms with E-state index in [0.717, 1.165) is 0 Å². The molecule has 153 valence electrons. The summed E-state index contributed by atoms with van der Waals surface area (Å²) < 4.78 is 5.68. The minimum absolute atomic E-state index is 0. The number of rotatable bonds is 7. The number of hydrogen-bond acceptors (Lipinski definition) is 0. The van der Waals surface area contributed by atoms with Crippen molar-refractivity contribution >= 4 is 0 Å². The van der Waals surface area contributed by atoms with Crippen LogP contribution in [0.15, 0.2) is 62.0 Å². The van der Waals surface area contributed by atoms with E-state index in [1.165, 1.54) is 38.5 Å². The van der Waals surface area contributed by atoms with E-state index in [9.17, 15) is 0 Å². The largest absolute Gasteiger partial charge is 1.00 e. The van der Waals surface area contributed by atoms with E-state index < -0.39 is 21.8 Å². The maximum atomic E-state index is 2.48. The van der Waals surface area contributed by atoms with Crippen LogP contribution in [0.4, 0.5) is 0 Å². The first-order chi connectivity index (χ1) is 12.5. The predicted molar refractivity (Wildman–Crippen MR) is 112 cm³/mol. The van der Waals surface area contributed by atoms with Crippen LogP contribution in [0, 0.1) is 5.92 Å². The molecule has 0 aromatic heterocycles. The quantitative estimate of drug-likeness (QED) is 0.504. The maximum absolute atomic E-state index is 2.48. The van der Waals surface area contributed by atoms with Crippen LogP contribution in [0.3, 0.4) is 0 Å². The standard InChI is InChI=1S/C9H13.2C8H11.2ClH.Zr/c1-6-5-7(2)9(4)8(6)3;2*1-2-5-8-6-3-4-7-8;;;/h6H,1-4H3;2*3,6H,2,4-5H2,1H3;2*1H;/q;;;;;+2/p-2. The molecule has 0 N–H and O–H groups in total. The normalized spacial score (nSPS) is 21.1. The topological polar surface area (TPSA) is 0 Å². The zero-order valence-corrected chi connectivity index (χ0v) is 22.4. The van der Waals surface area contributed by atoms with E-state index in [2.05, 4.69) is 65.8 Å². The Morgan fingerprint density at radius 2 is 1.29 bits per heavy atom. The summed E-state index contributed by atoms with van der Waals surface area (Å²) in [5, 5.41) is 0. The fourth-order valence-electron chi connectivity index (χ4n) is 4.91. The first kappa shape index (κ1) is 25.9. The Labute approximate surface area is 193 Å². The number of hydrogen-bond donors (Lipinski definition) is 0. The first-order valence-corrected chi connectivity index (χ1v) is 14.2. The van der Waals surface area contributed by atoms with Gasteiger partial charge in [0.1, 0.15) is 0 Å². The Morgan fingerprint density at radius 3 is 1.64 bits per heavy atom. The minimum atomic E-state index is -2.04. The van der Waals surface area contributed by atoms with Gasteiger partial charge in [0.25, 0.3) is 0 Å². The summed E-state index contributed by atoms with van der Waals surface area (Å²) in [6.07, 6.45) is 17.4. The molecule has 0 saturated heterocycles. The molecule has 0 aliphatic heterocycles. The summed E-state index contributed by atoms with van der Waals surface area (Å²) in [5.41, 5.74) is 8.26. The minimum Gasteiger partial charge on any atom is -1.00 e. The van der Waals surface area contributed by atoms with Crippen molar-refractivity contribution < 1.29 is 46.6 Å². The summed E-state index contributed by atoms with van der Waals surface area (Å²) >= 11 is -2.04. The van der Waals surface area contributed by atoms with Gasteiger partial charge in [0, 0.05) is 0 Å². The van der Waals surface area contributed by atoms with Gasteiger partial charge in [-0.1, -0.05) is 0 Å². The Bertz CT molecular complexity index is 734. The van der Waals surface area contributed by atoms with Crippen LogP contribution in [-0.2, 0) is 21.8 Å². The molecule has 1 unspecified atom stereocenters. The van der Waals surface area contributed by atoms with Crippen LogP contribution in [0.25, 0.3) is 0 Å². The molecule has 1 atom stereocenters. The van der Waals surface area contributed by atoms with E-state index in [1.807, 2.05) is 9.84 Å². The number of allylic oxidation sites excluding steroid dienone is 12. The predicted octanol–water partition coefficient (Wildman–Crippen LogP) is 1.90. The van der Waals surface area contributed by atoms with Crippen LogP contribution in [0.1, 0.15) is 80.1 Å². The summed E-state index contributed by atoms with van der Waals surface area (Å²) in [5.74, 6) is 0.663. The molecule has 0 fully saturated rings. The van der Waals surface area contributed by atoms with Crippen molar-refractivity contribution in [3.8, 4) is 0 Å². The van der Waals surface area contributed by atoms with Gasteiger partial charge in [0.2, 0.25) is 0 Å². The van der Waals surface area contributed by atoms with Gasteiger partial charge in [-0.25, -0.2) is 0 Å². The Kier molecular flexibility index (Phi) is 10.5. The van der Waals surface area contributed by atoms with E-state index in [4.69, 9.17) is 0 Å².